The molecule has 0 aromatic heterocycles. The molecule has 11 rings (SSSR count). The Kier molecular flexibility index (Phi) is 15.0. The quantitative estimate of drug-likeness (QED) is 0.0671. The van der Waals surface area contributed by atoms with Gasteiger partial charge in [0, 0.05) is 107 Å². The highest BCUT2D eigenvalue weighted by Gasteiger charge is 2.36. The lowest BCUT2D eigenvalue weighted by Crippen LogP contribution is -2.22. The Morgan fingerprint density at radius 2 is 0.558 bits per heavy atom. The van der Waals surface area contributed by atoms with Crippen LogP contribution in [0, 0.1) is 0 Å². The molecule has 2 aliphatic rings. The highest BCUT2D eigenvalue weighted by Crippen LogP contribution is 2.54. The van der Waals surface area contributed by atoms with Crippen LogP contribution in [-0.2, 0) is 25.7 Å². The lowest BCUT2D eigenvalue weighted by molar-refractivity contribution is -0.000705. The monoisotopic (exact) mass is 1150 g/mol. The molecule has 0 radical (unpaired) electrons. The summed E-state index contributed by atoms with van der Waals surface area (Å²) in [5.74, 6) is -2.37. The summed E-state index contributed by atoms with van der Waals surface area (Å²) in [4.78, 5) is 0. The minimum absolute atomic E-state index is 0.0532. The number of halogens is 2. The summed E-state index contributed by atoms with van der Waals surface area (Å²) in [6.07, 6.45) is 3.15. The molecule has 2 atom stereocenters. The molecule has 8 bridgehead atoms. The van der Waals surface area contributed by atoms with Crippen LogP contribution in [0.3, 0.4) is 0 Å². The maximum atomic E-state index is 12.7. The van der Waals surface area contributed by atoms with Crippen molar-refractivity contribution in [2.75, 3.05) is 0 Å². The normalized spacial score (nSPS) is 17.5. The van der Waals surface area contributed by atoms with Gasteiger partial charge in [0.25, 0.3) is 6.29 Å². The van der Waals surface area contributed by atoms with Crippen LogP contribution in [0.1, 0.15) is 128 Å². The van der Waals surface area contributed by atoms with Crippen LogP contribution in [0.4, 0.5) is 0 Å². The number of phenolic OH excluding ortho intramolecular Hbond substituents is 6. The predicted molar refractivity (Wildman–Crippen MR) is 308 cm³/mol. The number of aryl methyl sites for hydroxylation is 4. The Morgan fingerprint density at radius 1 is 0.299 bits per heavy atom. The maximum Gasteiger partial charge on any atom is 0.267 e. The van der Waals surface area contributed by atoms with E-state index in [4.69, 9.17) is 9.47 Å². The number of ether oxygens (including phenoxy) is 2. The van der Waals surface area contributed by atoms with E-state index >= 15 is 0 Å². The predicted octanol–water partition coefficient (Wildman–Crippen LogP) is 16.3. The zero-order valence-electron chi connectivity index (χ0n) is 42.2. The summed E-state index contributed by atoms with van der Waals surface area (Å²) in [5, 5.41) is 74.3. The first-order valence-corrected chi connectivity index (χ1v) is 27.8. The molecule has 0 spiro atoms. The van der Waals surface area contributed by atoms with E-state index in [1.165, 1.54) is 12.1 Å². The first kappa shape index (κ1) is 51.4. The molecule has 9 aromatic rings. The van der Waals surface area contributed by atoms with Crippen molar-refractivity contribution in [1.82, 2.24) is 0 Å². The molecule has 0 saturated carbocycles. The third-order valence-corrected chi connectivity index (χ3v) is 16.5. The van der Waals surface area contributed by atoms with Crippen molar-refractivity contribution in [3.8, 4) is 46.0 Å². The van der Waals surface area contributed by atoms with Crippen molar-refractivity contribution >= 4 is 31.9 Å². The summed E-state index contributed by atoms with van der Waals surface area (Å²) in [6.45, 7) is 0. The van der Waals surface area contributed by atoms with Gasteiger partial charge in [-0.3, -0.25) is 0 Å². The number of hydrogen-bond acceptors (Lipinski definition) is 8. The van der Waals surface area contributed by atoms with Gasteiger partial charge in [-0.25, -0.2) is 0 Å². The summed E-state index contributed by atoms with van der Waals surface area (Å²) in [5.41, 5.74) is 9.48. The van der Waals surface area contributed by atoms with Crippen LogP contribution in [0.2, 0.25) is 0 Å². The van der Waals surface area contributed by atoms with E-state index in [0.717, 1.165) is 42.3 Å². The van der Waals surface area contributed by atoms with Gasteiger partial charge < -0.3 is 40.1 Å². The highest BCUT2D eigenvalue weighted by atomic mass is 79.9. The molecule has 388 valence electrons. The fraction of sp³-hybridized carbons (Fsp3) is 0.194. The fourth-order valence-electron chi connectivity index (χ4n) is 11.7. The van der Waals surface area contributed by atoms with Gasteiger partial charge in [0.05, 0.1) is 0 Å². The van der Waals surface area contributed by atoms with E-state index in [1.807, 2.05) is 127 Å². The largest absolute Gasteiger partial charge is 0.508 e. The third kappa shape index (κ3) is 11.1. The van der Waals surface area contributed by atoms with E-state index in [2.05, 4.69) is 68.3 Å². The summed E-state index contributed by atoms with van der Waals surface area (Å²) in [6, 6.07) is 60.0. The molecule has 77 heavy (non-hydrogen) atoms. The Labute approximate surface area is 465 Å². The van der Waals surface area contributed by atoms with Gasteiger partial charge in [-0.1, -0.05) is 153 Å². The summed E-state index contributed by atoms with van der Waals surface area (Å²) in [7, 11) is 0. The Morgan fingerprint density at radius 3 is 0.857 bits per heavy atom. The van der Waals surface area contributed by atoms with Gasteiger partial charge in [-0.2, -0.15) is 0 Å². The van der Waals surface area contributed by atoms with Crippen molar-refractivity contribution in [1.29, 1.82) is 0 Å². The molecule has 8 nitrogen and oxygen atoms in total. The van der Waals surface area contributed by atoms with Gasteiger partial charge in [-0.05, 0) is 116 Å². The third-order valence-electron chi connectivity index (χ3n) is 15.6. The van der Waals surface area contributed by atoms with E-state index in [0.29, 0.717) is 102 Å². The van der Waals surface area contributed by atoms with Crippen LogP contribution in [0.25, 0.3) is 0 Å². The average Bonchev–Trinajstić information content (AvgIpc) is 3.42. The Balaban J connectivity index is 1.22. The van der Waals surface area contributed by atoms with E-state index in [9.17, 15) is 30.6 Å². The second-order valence-electron chi connectivity index (χ2n) is 20.4. The molecule has 0 amide bonds. The van der Waals surface area contributed by atoms with Crippen molar-refractivity contribution in [2.45, 2.75) is 81.3 Å². The van der Waals surface area contributed by atoms with Crippen molar-refractivity contribution in [3.05, 3.63) is 269 Å². The van der Waals surface area contributed by atoms with E-state index < -0.39 is 30.0 Å². The minimum atomic E-state index is -1.07. The molecule has 10 heteroatoms. The van der Waals surface area contributed by atoms with Crippen LogP contribution in [-0.4, -0.2) is 30.6 Å². The van der Waals surface area contributed by atoms with Crippen LogP contribution in [0.15, 0.2) is 197 Å². The van der Waals surface area contributed by atoms with Crippen molar-refractivity contribution in [2.24, 2.45) is 0 Å². The summed E-state index contributed by atoms with van der Waals surface area (Å²) < 4.78 is 15.6. The number of benzene rings is 9. The van der Waals surface area contributed by atoms with Gasteiger partial charge in [0.15, 0.2) is 0 Å². The topological polar surface area (TPSA) is 140 Å². The molecule has 0 fully saturated rings. The Hall–Kier alpha value is -7.66. The van der Waals surface area contributed by atoms with Gasteiger partial charge in [0.2, 0.25) is 0 Å². The number of hydrogen-bond donors (Lipinski definition) is 6. The van der Waals surface area contributed by atoms with Crippen molar-refractivity contribution in [3.63, 3.8) is 0 Å². The Bertz CT molecular complexity index is 3370. The second kappa shape index (κ2) is 22.5. The molecule has 2 unspecified atom stereocenters. The number of phenols is 6. The standard InChI is InChI=1S/C67H58Br2O8/c68-45-29-44(30-46(69)31-45)67-76-65-38-63(74)55-34-57(65)50(28-24-43-19-11-4-12-20-43)58-35-56(64(75)39-66(58)77-67)49(27-23-42-17-9-3-10-18-42)54-33-52(60(71)37-62(54)73)47(25-21-40-13-5-1-6-14-40)51-32-53(61(72)36-59(51)70)48(55)26-22-41-15-7-2-8-16-41/h1-20,29-39,47-50,67,70-75H,21-28H2. The molecule has 1 aliphatic heterocycles. The average molecular weight is 1150 g/mol. The van der Waals surface area contributed by atoms with Gasteiger partial charge >= 0.3 is 0 Å². The lowest BCUT2D eigenvalue weighted by Gasteiger charge is -2.34. The lowest BCUT2D eigenvalue weighted by atomic mass is 9.76. The second-order valence-corrected chi connectivity index (χ2v) is 22.2. The smallest absolute Gasteiger partial charge is 0.267 e. The molecule has 1 aliphatic carbocycles. The van der Waals surface area contributed by atoms with E-state index in [1.54, 1.807) is 12.1 Å². The molecule has 6 N–H and O–H groups in total. The fourth-order valence-corrected chi connectivity index (χ4v) is 13.0. The van der Waals surface area contributed by atoms with Crippen LogP contribution in [0.5, 0.6) is 46.0 Å². The van der Waals surface area contributed by atoms with Gasteiger partial charge in [-0.15, -0.1) is 0 Å². The zero-order chi connectivity index (χ0) is 53.2. The van der Waals surface area contributed by atoms with Crippen molar-refractivity contribution < 1.29 is 40.1 Å². The van der Waals surface area contributed by atoms with Crippen LogP contribution < -0.4 is 9.47 Å². The van der Waals surface area contributed by atoms with Gasteiger partial charge in [0.1, 0.15) is 46.0 Å². The number of aromatic hydroxyl groups is 6. The highest BCUT2D eigenvalue weighted by molar-refractivity contribution is 9.11. The zero-order valence-corrected chi connectivity index (χ0v) is 45.4. The molecule has 0 saturated heterocycles. The first-order chi connectivity index (χ1) is 37.4. The molecular formula is C67H58Br2O8. The maximum absolute atomic E-state index is 12.7. The number of fused-ring (bicyclic) bond motifs is 6. The SMILES string of the molecule is Oc1cc(O)c2cc1C(CCc1ccccc1)c1cc(c(O)cc1O)C(CCc1ccccc1)c1cc3c(cc1O)OC(c1cc(Br)cc(Br)c1)Oc1cc(O)c(cc1C3CCc1ccccc1)C2CCc1ccccc1. The molecule has 9 aromatic carbocycles. The van der Waals surface area contributed by atoms with Crippen LogP contribution >= 0.6 is 31.9 Å². The molecule has 1 heterocycles. The first-order valence-electron chi connectivity index (χ1n) is 26.2. The minimum Gasteiger partial charge on any atom is -0.508 e. The summed E-state index contributed by atoms with van der Waals surface area (Å²) >= 11 is 7.34. The van der Waals surface area contributed by atoms with E-state index in [-0.39, 0.29) is 34.5 Å². The molecular weight excluding hydrogens is 1090 g/mol. The number of rotatable bonds is 13.